The van der Waals surface area contributed by atoms with Crippen LogP contribution < -0.4 is 14.4 Å². The minimum atomic E-state index is 0.0471. The zero-order chi connectivity index (χ0) is 16.9. The van der Waals surface area contributed by atoms with Gasteiger partial charge in [0, 0.05) is 23.6 Å². The van der Waals surface area contributed by atoms with Gasteiger partial charge in [0.15, 0.2) is 0 Å². The van der Waals surface area contributed by atoms with Crippen LogP contribution in [-0.2, 0) is 5.41 Å². The quantitative estimate of drug-likeness (QED) is 0.808. The summed E-state index contributed by atoms with van der Waals surface area (Å²) in [6.07, 6.45) is 0. The number of hydrogen-bond donors (Lipinski definition) is 0. The van der Waals surface area contributed by atoms with Crippen LogP contribution in [0.1, 0.15) is 37.9 Å². The van der Waals surface area contributed by atoms with Crippen molar-refractivity contribution >= 4 is 5.69 Å². The predicted octanol–water partition coefficient (Wildman–Crippen LogP) is 4.56. The second-order valence-corrected chi connectivity index (χ2v) is 7.26. The number of rotatable bonds is 2. The van der Waals surface area contributed by atoms with Gasteiger partial charge in [-0.3, -0.25) is 0 Å². The Labute approximate surface area is 144 Å². The molecule has 0 radical (unpaired) electrons. The average molecular weight is 323 g/mol. The molecule has 0 aromatic heterocycles. The third-order valence-electron chi connectivity index (χ3n) is 5.85. The Balaban J connectivity index is 1.97. The first kappa shape index (κ1) is 15.4. The molecule has 0 saturated carbocycles. The fraction of sp³-hybridized carbons (Fsp3) is 0.429. The van der Waals surface area contributed by atoms with Crippen LogP contribution in [0.25, 0.3) is 0 Å². The van der Waals surface area contributed by atoms with Gasteiger partial charge in [-0.25, -0.2) is 0 Å². The number of hydrogen-bond acceptors (Lipinski definition) is 3. The monoisotopic (exact) mass is 323 g/mol. The maximum atomic E-state index is 6.17. The summed E-state index contributed by atoms with van der Waals surface area (Å²) in [6.45, 7) is 8.63. The van der Waals surface area contributed by atoms with Gasteiger partial charge in [0.25, 0.3) is 0 Å². The number of para-hydroxylation sites is 1. The molecule has 0 fully saturated rings. The highest BCUT2D eigenvalue weighted by Gasteiger charge is 2.50. The topological polar surface area (TPSA) is 21.7 Å². The second-order valence-electron chi connectivity index (χ2n) is 7.26. The van der Waals surface area contributed by atoms with Gasteiger partial charge >= 0.3 is 0 Å². The molecule has 2 aromatic carbocycles. The average Bonchev–Trinajstić information content (AvgIpc) is 2.61. The summed E-state index contributed by atoms with van der Waals surface area (Å²) < 4.78 is 11.9. The Hall–Kier alpha value is -2.16. The van der Waals surface area contributed by atoms with E-state index in [0.29, 0.717) is 5.92 Å². The molecule has 3 heteroatoms. The number of fused-ring (bicyclic) bond motifs is 4. The lowest BCUT2D eigenvalue weighted by molar-refractivity contribution is 0.120. The highest BCUT2D eigenvalue weighted by atomic mass is 16.5. The molecule has 2 aliphatic rings. The summed E-state index contributed by atoms with van der Waals surface area (Å²) in [5.41, 5.74) is 3.99. The van der Waals surface area contributed by atoms with E-state index in [1.807, 2.05) is 12.1 Å². The van der Waals surface area contributed by atoms with Crippen molar-refractivity contribution in [2.75, 3.05) is 25.2 Å². The van der Waals surface area contributed by atoms with Crippen LogP contribution >= 0.6 is 0 Å². The first-order valence-corrected chi connectivity index (χ1v) is 8.75. The Morgan fingerprint density at radius 3 is 2.71 bits per heavy atom. The Morgan fingerprint density at radius 2 is 1.96 bits per heavy atom. The predicted molar refractivity (Wildman–Crippen MR) is 97.2 cm³/mol. The highest BCUT2D eigenvalue weighted by molar-refractivity contribution is 5.64. The van der Waals surface area contributed by atoms with E-state index >= 15 is 0 Å². The maximum absolute atomic E-state index is 6.17. The maximum Gasteiger partial charge on any atom is 0.128 e. The number of methoxy groups -OCH3 is 1. The lowest BCUT2D eigenvalue weighted by Crippen LogP contribution is -2.51. The van der Waals surface area contributed by atoms with E-state index in [4.69, 9.17) is 9.47 Å². The van der Waals surface area contributed by atoms with Crippen molar-refractivity contribution < 1.29 is 9.47 Å². The number of ether oxygens (including phenoxy) is 2. The van der Waals surface area contributed by atoms with Gasteiger partial charge in [0.05, 0.1) is 25.3 Å². The summed E-state index contributed by atoms with van der Waals surface area (Å²) in [5, 5.41) is 0. The fourth-order valence-corrected chi connectivity index (χ4v) is 4.55. The van der Waals surface area contributed by atoms with Crippen molar-refractivity contribution in [1.29, 1.82) is 0 Å². The van der Waals surface area contributed by atoms with Gasteiger partial charge < -0.3 is 14.4 Å². The Morgan fingerprint density at radius 1 is 1.17 bits per heavy atom. The SMILES string of the molecule is CCN1c2ccccc2C(C)(C)[C@@H]2COc3cccc(OC)c3[C@H]21. The third-order valence-corrected chi connectivity index (χ3v) is 5.85. The molecule has 0 spiro atoms. The smallest absolute Gasteiger partial charge is 0.128 e. The Kier molecular flexibility index (Phi) is 3.48. The van der Waals surface area contributed by atoms with Gasteiger partial charge in [-0.2, -0.15) is 0 Å². The minimum Gasteiger partial charge on any atom is -0.496 e. The van der Waals surface area contributed by atoms with Crippen molar-refractivity contribution in [3.05, 3.63) is 53.6 Å². The molecular weight excluding hydrogens is 298 g/mol. The normalized spacial score (nSPS) is 23.6. The van der Waals surface area contributed by atoms with Crippen LogP contribution in [0.2, 0.25) is 0 Å². The van der Waals surface area contributed by atoms with Crippen molar-refractivity contribution in [1.82, 2.24) is 0 Å². The van der Waals surface area contributed by atoms with Crippen LogP contribution in [-0.4, -0.2) is 20.3 Å². The summed E-state index contributed by atoms with van der Waals surface area (Å²) in [4.78, 5) is 2.52. The zero-order valence-electron chi connectivity index (χ0n) is 14.9. The van der Waals surface area contributed by atoms with E-state index in [2.05, 4.69) is 56.0 Å². The lowest BCUT2D eigenvalue weighted by atomic mass is 9.64. The molecule has 24 heavy (non-hydrogen) atoms. The molecule has 0 unspecified atom stereocenters. The van der Waals surface area contributed by atoms with Crippen molar-refractivity contribution in [3.8, 4) is 11.5 Å². The van der Waals surface area contributed by atoms with Crippen molar-refractivity contribution in [2.24, 2.45) is 5.92 Å². The van der Waals surface area contributed by atoms with E-state index < -0.39 is 0 Å². The van der Waals surface area contributed by atoms with Gasteiger partial charge in [-0.1, -0.05) is 38.1 Å². The van der Waals surface area contributed by atoms with E-state index in [-0.39, 0.29) is 11.5 Å². The third kappa shape index (κ3) is 1.97. The molecule has 3 nitrogen and oxygen atoms in total. The van der Waals surface area contributed by atoms with Crippen molar-refractivity contribution in [2.45, 2.75) is 32.2 Å². The molecular formula is C21H25NO2. The summed E-state index contributed by atoms with van der Waals surface area (Å²) in [6, 6.07) is 15.2. The largest absolute Gasteiger partial charge is 0.496 e. The number of benzene rings is 2. The van der Waals surface area contributed by atoms with Crippen molar-refractivity contribution in [3.63, 3.8) is 0 Å². The molecule has 2 heterocycles. The molecule has 0 bridgehead atoms. The lowest BCUT2D eigenvalue weighted by Gasteiger charge is -2.53. The van der Waals surface area contributed by atoms with Gasteiger partial charge in [0.2, 0.25) is 0 Å². The molecule has 2 atom stereocenters. The highest BCUT2D eigenvalue weighted by Crippen LogP contribution is 2.56. The summed E-state index contributed by atoms with van der Waals surface area (Å²) in [7, 11) is 1.75. The van der Waals surface area contributed by atoms with Crippen LogP contribution in [0.15, 0.2) is 42.5 Å². The van der Waals surface area contributed by atoms with E-state index in [0.717, 1.165) is 24.7 Å². The molecule has 0 N–H and O–H groups in total. The van der Waals surface area contributed by atoms with Gasteiger partial charge in [-0.15, -0.1) is 0 Å². The zero-order valence-corrected chi connectivity index (χ0v) is 14.9. The molecule has 2 aromatic rings. The molecule has 126 valence electrons. The van der Waals surface area contributed by atoms with E-state index in [9.17, 15) is 0 Å². The summed E-state index contributed by atoms with van der Waals surface area (Å²) >= 11 is 0. The molecule has 0 amide bonds. The van der Waals surface area contributed by atoms with Crippen LogP contribution in [0.3, 0.4) is 0 Å². The molecule has 4 rings (SSSR count). The standard InChI is InChI=1S/C21H25NO2/c1-5-22-16-10-7-6-9-14(16)21(2,3)15-13-24-18-12-8-11-17(23-4)19(18)20(15)22/h6-12,15,20H,5,13H2,1-4H3/t15-,20+/m1/s1. The fourth-order valence-electron chi connectivity index (χ4n) is 4.55. The Bertz CT molecular complexity index is 754. The molecule has 0 saturated heterocycles. The van der Waals surface area contributed by atoms with Crippen LogP contribution in [0.4, 0.5) is 5.69 Å². The van der Waals surface area contributed by atoms with Crippen LogP contribution in [0, 0.1) is 5.92 Å². The van der Waals surface area contributed by atoms with E-state index in [1.165, 1.54) is 16.8 Å². The summed E-state index contributed by atoms with van der Waals surface area (Å²) in [5.74, 6) is 2.27. The second kappa shape index (κ2) is 5.44. The first-order valence-electron chi connectivity index (χ1n) is 8.75. The van der Waals surface area contributed by atoms with Crippen LogP contribution in [0.5, 0.6) is 11.5 Å². The van der Waals surface area contributed by atoms with Gasteiger partial charge in [-0.05, 0) is 30.7 Å². The molecule has 0 aliphatic carbocycles. The number of nitrogens with zero attached hydrogens (tertiary/aromatic N) is 1. The molecule has 2 aliphatic heterocycles. The number of anilines is 1. The minimum absolute atomic E-state index is 0.0471. The first-order chi connectivity index (χ1) is 11.6. The van der Waals surface area contributed by atoms with E-state index in [1.54, 1.807) is 7.11 Å². The van der Waals surface area contributed by atoms with Gasteiger partial charge in [0.1, 0.15) is 11.5 Å².